The number of nitrogens with zero attached hydrogens (tertiary/aromatic N) is 2. The molecule has 0 unspecified atom stereocenters. The third-order valence-corrected chi connectivity index (χ3v) is 5.95. The summed E-state index contributed by atoms with van der Waals surface area (Å²) in [6.07, 6.45) is 4.86. The summed E-state index contributed by atoms with van der Waals surface area (Å²) in [6, 6.07) is 5.82. The van der Waals surface area contributed by atoms with Gasteiger partial charge in [0.05, 0.1) is 35.8 Å². The smallest absolute Gasteiger partial charge is 0.314 e. The van der Waals surface area contributed by atoms with Gasteiger partial charge in [0.25, 0.3) is 0 Å². The number of benzene rings is 1. The fourth-order valence-electron chi connectivity index (χ4n) is 4.25. The predicted molar refractivity (Wildman–Crippen MR) is 118 cm³/mol. The number of likely N-dealkylation sites (tertiary alicyclic amines) is 1. The summed E-state index contributed by atoms with van der Waals surface area (Å²) < 4.78 is 5.59. The van der Waals surface area contributed by atoms with E-state index in [0.717, 1.165) is 42.4 Å². The van der Waals surface area contributed by atoms with E-state index < -0.39 is 11.8 Å². The van der Waals surface area contributed by atoms with Gasteiger partial charge in [-0.2, -0.15) is 0 Å². The maximum Gasteiger partial charge on any atom is 0.314 e. The standard InChI is InChI=1S/C22H26N6O3/c1-12-2-4-17(13-3-5-18-14(8-13)6-7-31-18)28(11-12)22(30)21(29)27-16-10-26-20(25)15(9-23)19(16)24/h3,5,8-10,12,17,23H,2,4,6-7,11H2,1H3,(H,27,29)(H4,24,25,26)/t12-,17+/m0/s1. The first-order chi connectivity index (χ1) is 14.9. The summed E-state index contributed by atoms with van der Waals surface area (Å²) in [5.41, 5.74) is 14.3. The molecule has 3 heterocycles. The minimum Gasteiger partial charge on any atom is -0.493 e. The van der Waals surface area contributed by atoms with Crippen LogP contribution in [0.4, 0.5) is 17.2 Å². The number of carbonyl (C=O) groups is 2. The van der Waals surface area contributed by atoms with Gasteiger partial charge in [0.2, 0.25) is 0 Å². The van der Waals surface area contributed by atoms with Gasteiger partial charge in [-0.05, 0) is 42.0 Å². The zero-order valence-electron chi connectivity index (χ0n) is 17.4. The third kappa shape index (κ3) is 3.90. The Hall–Kier alpha value is -3.62. The normalized spacial score (nSPS) is 20.0. The second kappa shape index (κ2) is 8.25. The topological polar surface area (TPSA) is 147 Å². The van der Waals surface area contributed by atoms with E-state index in [0.29, 0.717) is 19.1 Å². The van der Waals surface area contributed by atoms with Crippen LogP contribution in [0.5, 0.6) is 5.75 Å². The van der Waals surface area contributed by atoms with Crippen molar-refractivity contribution in [3.05, 3.63) is 41.1 Å². The Kier molecular flexibility index (Phi) is 5.50. The monoisotopic (exact) mass is 422 g/mol. The number of amides is 2. The van der Waals surface area contributed by atoms with E-state index in [4.69, 9.17) is 21.6 Å². The van der Waals surface area contributed by atoms with Crippen molar-refractivity contribution in [1.82, 2.24) is 9.88 Å². The van der Waals surface area contributed by atoms with Crippen molar-refractivity contribution in [2.24, 2.45) is 5.92 Å². The molecular weight excluding hydrogens is 396 g/mol. The quantitative estimate of drug-likeness (QED) is 0.440. The summed E-state index contributed by atoms with van der Waals surface area (Å²) in [5.74, 6) is -0.156. The van der Waals surface area contributed by atoms with Gasteiger partial charge in [-0.15, -0.1) is 0 Å². The molecule has 0 aliphatic carbocycles. The van der Waals surface area contributed by atoms with Crippen LogP contribution in [-0.2, 0) is 16.0 Å². The van der Waals surface area contributed by atoms with Crippen LogP contribution in [0.1, 0.15) is 42.5 Å². The first kappa shape index (κ1) is 20.6. The average Bonchev–Trinajstić information content (AvgIpc) is 3.23. The molecule has 1 fully saturated rings. The van der Waals surface area contributed by atoms with Crippen molar-refractivity contribution in [3.63, 3.8) is 0 Å². The van der Waals surface area contributed by atoms with Crippen molar-refractivity contribution in [2.45, 2.75) is 32.2 Å². The molecule has 0 spiro atoms. The molecule has 2 amide bonds. The molecule has 9 nitrogen and oxygen atoms in total. The molecule has 162 valence electrons. The number of fused-ring (bicyclic) bond motifs is 1. The van der Waals surface area contributed by atoms with Crippen LogP contribution < -0.4 is 21.5 Å². The number of aromatic nitrogens is 1. The number of carbonyl (C=O) groups excluding carboxylic acids is 2. The Labute approximate surface area is 180 Å². The summed E-state index contributed by atoms with van der Waals surface area (Å²) in [4.78, 5) is 31.6. The van der Waals surface area contributed by atoms with Crippen LogP contribution >= 0.6 is 0 Å². The molecule has 6 N–H and O–H groups in total. The lowest BCUT2D eigenvalue weighted by atomic mass is 9.89. The van der Waals surface area contributed by atoms with E-state index in [-0.39, 0.29) is 28.8 Å². The number of pyridine rings is 1. The summed E-state index contributed by atoms with van der Waals surface area (Å²) in [5, 5.41) is 9.97. The van der Waals surface area contributed by atoms with Crippen molar-refractivity contribution in [3.8, 4) is 5.75 Å². The average molecular weight is 422 g/mol. The van der Waals surface area contributed by atoms with E-state index in [2.05, 4.69) is 23.3 Å². The van der Waals surface area contributed by atoms with Crippen molar-refractivity contribution in [1.29, 1.82) is 5.41 Å². The SMILES string of the molecule is C[C@H]1CC[C@H](c2ccc3c(c2)CCO3)N(C(=O)C(=O)Nc2cnc(N)c(C=N)c2N)C1. The number of nitrogens with two attached hydrogens (primary N) is 2. The van der Waals surface area contributed by atoms with Crippen molar-refractivity contribution in [2.75, 3.05) is 29.9 Å². The molecule has 2 aromatic rings. The number of anilines is 3. The maximum absolute atomic E-state index is 13.2. The highest BCUT2D eigenvalue weighted by atomic mass is 16.5. The highest BCUT2D eigenvalue weighted by Gasteiger charge is 2.35. The molecule has 0 bridgehead atoms. The van der Waals surface area contributed by atoms with E-state index >= 15 is 0 Å². The van der Waals surface area contributed by atoms with Gasteiger partial charge in [0, 0.05) is 19.2 Å². The number of hydrogen-bond acceptors (Lipinski definition) is 7. The number of ether oxygens (including phenoxy) is 1. The minimum atomic E-state index is -0.794. The van der Waals surface area contributed by atoms with Crippen molar-refractivity contribution >= 4 is 35.2 Å². The van der Waals surface area contributed by atoms with Gasteiger partial charge in [0.15, 0.2) is 0 Å². The molecule has 2 atom stereocenters. The zero-order valence-corrected chi connectivity index (χ0v) is 17.4. The summed E-state index contributed by atoms with van der Waals surface area (Å²) in [6.45, 7) is 3.23. The number of nitrogens with one attached hydrogen (secondary N) is 2. The second-order valence-electron chi connectivity index (χ2n) is 8.10. The minimum absolute atomic E-state index is 0.0855. The predicted octanol–water partition coefficient (Wildman–Crippen LogP) is 2.12. The molecule has 0 saturated carbocycles. The number of nitrogen functional groups attached to an aromatic ring is 2. The highest BCUT2D eigenvalue weighted by Crippen LogP contribution is 2.36. The number of hydrogen-bond donors (Lipinski definition) is 4. The van der Waals surface area contributed by atoms with Crippen LogP contribution in [0.25, 0.3) is 0 Å². The molecular formula is C22H26N6O3. The largest absolute Gasteiger partial charge is 0.493 e. The van der Waals surface area contributed by atoms with E-state index in [1.807, 2.05) is 12.1 Å². The highest BCUT2D eigenvalue weighted by molar-refractivity contribution is 6.40. The number of piperidine rings is 1. The lowest BCUT2D eigenvalue weighted by Crippen LogP contribution is -2.46. The van der Waals surface area contributed by atoms with E-state index in [9.17, 15) is 9.59 Å². The Morgan fingerprint density at radius 1 is 1.32 bits per heavy atom. The third-order valence-electron chi connectivity index (χ3n) is 5.95. The van der Waals surface area contributed by atoms with E-state index in [1.54, 1.807) is 4.90 Å². The Morgan fingerprint density at radius 2 is 2.13 bits per heavy atom. The van der Waals surface area contributed by atoms with Gasteiger partial charge in [-0.25, -0.2) is 4.98 Å². The van der Waals surface area contributed by atoms with Gasteiger partial charge in [0.1, 0.15) is 11.6 Å². The van der Waals surface area contributed by atoms with Crippen LogP contribution in [-0.4, -0.2) is 41.1 Å². The van der Waals surface area contributed by atoms with Gasteiger partial charge in [-0.1, -0.05) is 13.0 Å². The maximum atomic E-state index is 13.2. The molecule has 2 aliphatic heterocycles. The lowest BCUT2D eigenvalue weighted by molar-refractivity contribution is -0.146. The van der Waals surface area contributed by atoms with Crippen LogP contribution in [0.3, 0.4) is 0 Å². The molecule has 1 aromatic heterocycles. The molecule has 31 heavy (non-hydrogen) atoms. The van der Waals surface area contributed by atoms with Crippen LogP contribution in [0.2, 0.25) is 0 Å². The fraction of sp³-hybridized carbons (Fsp3) is 0.364. The second-order valence-corrected chi connectivity index (χ2v) is 8.10. The van der Waals surface area contributed by atoms with Gasteiger partial charge >= 0.3 is 11.8 Å². The van der Waals surface area contributed by atoms with Crippen LogP contribution in [0, 0.1) is 11.3 Å². The molecule has 1 saturated heterocycles. The molecule has 4 rings (SSSR count). The summed E-state index contributed by atoms with van der Waals surface area (Å²) >= 11 is 0. The molecule has 0 radical (unpaired) electrons. The fourth-order valence-corrected chi connectivity index (χ4v) is 4.25. The number of rotatable bonds is 3. The van der Waals surface area contributed by atoms with Gasteiger partial charge < -0.3 is 31.8 Å². The molecule has 2 aliphatic rings. The first-order valence-electron chi connectivity index (χ1n) is 10.3. The van der Waals surface area contributed by atoms with E-state index in [1.165, 1.54) is 6.20 Å². The van der Waals surface area contributed by atoms with Crippen LogP contribution in [0.15, 0.2) is 24.4 Å². The van der Waals surface area contributed by atoms with Gasteiger partial charge in [-0.3, -0.25) is 9.59 Å². The first-order valence-corrected chi connectivity index (χ1v) is 10.3. The summed E-state index contributed by atoms with van der Waals surface area (Å²) in [7, 11) is 0. The molecule has 9 heteroatoms. The van der Waals surface area contributed by atoms with Crippen molar-refractivity contribution < 1.29 is 14.3 Å². The lowest BCUT2D eigenvalue weighted by Gasteiger charge is -2.38. The Balaban J connectivity index is 1.57. The zero-order chi connectivity index (χ0) is 22.1. The molecule has 1 aromatic carbocycles. The Bertz CT molecular complexity index is 1050. The Morgan fingerprint density at radius 3 is 2.90 bits per heavy atom.